The van der Waals surface area contributed by atoms with Crippen LogP contribution < -0.4 is 16.8 Å². The summed E-state index contributed by atoms with van der Waals surface area (Å²) in [6, 6.07) is -1.20. The fourth-order valence-corrected chi connectivity index (χ4v) is 1.89. The quantitative estimate of drug-likeness (QED) is 0.608. The number of primary amides is 1. The molecule has 0 fully saturated rings. The van der Waals surface area contributed by atoms with E-state index in [1.54, 1.807) is 11.8 Å². The molecular weight excluding hydrogens is 274 g/mol. The number of halogens is 1. The zero-order chi connectivity index (χ0) is 13.4. The lowest BCUT2D eigenvalue weighted by Gasteiger charge is -2.19. The number of rotatable bonds is 8. The van der Waals surface area contributed by atoms with Crippen LogP contribution in [-0.4, -0.2) is 35.9 Å². The molecule has 5 N–H and O–H groups in total. The summed E-state index contributed by atoms with van der Waals surface area (Å²) in [5.41, 5.74) is 10.9. The van der Waals surface area contributed by atoms with Gasteiger partial charge in [-0.3, -0.25) is 9.59 Å². The predicted molar refractivity (Wildman–Crippen MR) is 78.8 cm³/mol. The molecule has 0 heterocycles. The van der Waals surface area contributed by atoms with Crippen LogP contribution in [0.1, 0.15) is 26.7 Å². The number of nitrogens with two attached hydrogens (primary N) is 2. The van der Waals surface area contributed by atoms with Gasteiger partial charge in [-0.15, -0.1) is 12.4 Å². The molecule has 2 atom stereocenters. The van der Waals surface area contributed by atoms with Gasteiger partial charge in [0.15, 0.2) is 0 Å². The van der Waals surface area contributed by atoms with E-state index in [-0.39, 0.29) is 18.3 Å². The molecule has 7 heteroatoms. The maximum atomic E-state index is 11.7. The van der Waals surface area contributed by atoms with Gasteiger partial charge in [-0.05, 0) is 30.8 Å². The first-order valence-electron chi connectivity index (χ1n) is 5.72. The van der Waals surface area contributed by atoms with Crippen LogP contribution in [0.5, 0.6) is 0 Å². The highest BCUT2D eigenvalue weighted by Crippen LogP contribution is 2.04. The maximum absolute atomic E-state index is 11.7. The molecule has 0 aromatic rings. The van der Waals surface area contributed by atoms with Crippen molar-refractivity contribution in [1.29, 1.82) is 0 Å². The Bertz CT molecular complexity index is 265. The summed E-state index contributed by atoms with van der Waals surface area (Å²) in [6.07, 6.45) is 3.07. The van der Waals surface area contributed by atoms with Crippen molar-refractivity contribution in [3.63, 3.8) is 0 Å². The molecule has 0 bridgehead atoms. The van der Waals surface area contributed by atoms with E-state index in [1.807, 2.05) is 20.1 Å². The molecule has 2 amide bonds. The van der Waals surface area contributed by atoms with Crippen LogP contribution in [0.15, 0.2) is 0 Å². The zero-order valence-corrected chi connectivity index (χ0v) is 12.8. The van der Waals surface area contributed by atoms with E-state index in [2.05, 4.69) is 5.32 Å². The Hall–Kier alpha value is -0.460. The van der Waals surface area contributed by atoms with Gasteiger partial charge in [0.1, 0.15) is 6.04 Å². The second kappa shape index (κ2) is 10.5. The lowest BCUT2D eigenvalue weighted by atomic mass is 10.0. The molecule has 18 heavy (non-hydrogen) atoms. The summed E-state index contributed by atoms with van der Waals surface area (Å²) in [5.74, 6) is 0.301. The molecule has 0 aromatic carbocycles. The molecule has 5 nitrogen and oxygen atoms in total. The van der Waals surface area contributed by atoms with Gasteiger partial charge in [-0.1, -0.05) is 13.8 Å². The third-order valence-corrected chi connectivity index (χ3v) is 2.98. The highest BCUT2D eigenvalue weighted by atomic mass is 35.5. The standard InChI is InChI=1S/C11H23N3O2S.ClH/c1-7(2)6-8(12)11(16)14-9(10(13)15)4-5-17-3;/h7-9H,4-6,12H2,1-3H3,(H2,13,15)(H,14,16);1H/t8-,9-;/m0./s1. The third-order valence-electron chi connectivity index (χ3n) is 2.33. The Balaban J connectivity index is 0. The topological polar surface area (TPSA) is 98.2 Å². The van der Waals surface area contributed by atoms with Crippen LogP contribution >= 0.6 is 24.2 Å². The first-order valence-corrected chi connectivity index (χ1v) is 7.12. The van der Waals surface area contributed by atoms with Crippen molar-refractivity contribution in [2.75, 3.05) is 12.0 Å². The van der Waals surface area contributed by atoms with E-state index in [4.69, 9.17) is 11.5 Å². The van der Waals surface area contributed by atoms with Crippen molar-refractivity contribution in [1.82, 2.24) is 5.32 Å². The first kappa shape index (κ1) is 19.9. The first-order chi connectivity index (χ1) is 7.88. The molecule has 0 spiro atoms. The minimum Gasteiger partial charge on any atom is -0.368 e. The van der Waals surface area contributed by atoms with Crippen LogP contribution in [0.2, 0.25) is 0 Å². The van der Waals surface area contributed by atoms with E-state index in [1.165, 1.54) is 0 Å². The highest BCUT2D eigenvalue weighted by molar-refractivity contribution is 7.98. The smallest absolute Gasteiger partial charge is 0.240 e. The minimum absolute atomic E-state index is 0. The molecular formula is C11H24ClN3O2S. The predicted octanol–water partition coefficient (Wildman–Crippen LogP) is 0.505. The van der Waals surface area contributed by atoms with Crippen LogP contribution in [0.4, 0.5) is 0 Å². The monoisotopic (exact) mass is 297 g/mol. The average molecular weight is 298 g/mol. The largest absolute Gasteiger partial charge is 0.368 e. The number of thioether (sulfide) groups is 1. The van der Waals surface area contributed by atoms with Crippen LogP contribution in [0.25, 0.3) is 0 Å². The molecule has 0 aliphatic carbocycles. The number of carbonyl (C=O) groups excluding carboxylic acids is 2. The summed E-state index contributed by atoms with van der Waals surface area (Å²) in [5, 5.41) is 2.60. The van der Waals surface area contributed by atoms with Gasteiger partial charge in [0.2, 0.25) is 11.8 Å². The molecule has 0 aliphatic heterocycles. The maximum Gasteiger partial charge on any atom is 0.240 e. The third kappa shape index (κ3) is 8.60. The second-order valence-corrected chi connectivity index (χ2v) is 5.47. The summed E-state index contributed by atoms with van der Waals surface area (Å²) in [6.45, 7) is 3.98. The summed E-state index contributed by atoms with van der Waals surface area (Å²) in [7, 11) is 0. The van der Waals surface area contributed by atoms with E-state index in [0.29, 0.717) is 18.8 Å². The molecule has 0 saturated heterocycles. The van der Waals surface area contributed by atoms with Crippen molar-refractivity contribution in [3.8, 4) is 0 Å². The lowest BCUT2D eigenvalue weighted by molar-refractivity contribution is -0.128. The Morgan fingerprint density at radius 3 is 2.28 bits per heavy atom. The zero-order valence-electron chi connectivity index (χ0n) is 11.1. The molecule has 0 aliphatic rings. The molecule has 0 unspecified atom stereocenters. The van der Waals surface area contributed by atoms with Crippen LogP contribution in [0.3, 0.4) is 0 Å². The Labute approximate surface area is 119 Å². The van der Waals surface area contributed by atoms with E-state index in [9.17, 15) is 9.59 Å². The number of nitrogens with one attached hydrogen (secondary N) is 1. The number of amides is 2. The van der Waals surface area contributed by atoms with Crippen molar-refractivity contribution in [2.24, 2.45) is 17.4 Å². The number of hydrogen-bond donors (Lipinski definition) is 3. The van der Waals surface area contributed by atoms with Gasteiger partial charge in [-0.25, -0.2) is 0 Å². The number of carbonyl (C=O) groups is 2. The SMILES string of the molecule is CSCC[C@H](NC(=O)[C@@H](N)CC(C)C)C(N)=O.Cl. The Morgan fingerprint density at radius 1 is 1.33 bits per heavy atom. The van der Waals surface area contributed by atoms with Gasteiger partial charge < -0.3 is 16.8 Å². The average Bonchev–Trinajstić information content (AvgIpc) is 2.22. The van der Waals surface area contributed by atoms with Gasteiger partial charge in [0.25, 0.3) is 0 Å². The van der Waals surface area contributed by atoms with Gasteiger partial charge in [0, 0.05) is 0 Å². The van der Waals surface area contributed by atoms with Crippen molar-refractivity contribution in [3.05, 3.63) is 0 Å². The summed E-state index contributed by atoms with van der Waals surface area (Å²) < 4.78 is 0. The molecule has 0 rings (SSSR count). The van der Waals surface area contributed by atoms with Crippen LogP contribution in [-0.2, 0) is 9.59 Å². The van der Waals surface area contributed by atoms with Crippen molar-refractivity contribution >= 4 is 36.0 Å². The fourth-order valence-electron chi connectivity index (χ4n) is 1.41. The molecule has 0 radical (unpaired) electrons. The Morgan fingerprint density at radius 2 is 1.89 bits per heavy atom. The van der Waals surface area contributed by atoms with E-state index < -0.39 is 18.0 Å². The van der Waals surface area contributed by atoms with Gasteiger partial charge in [-0.2, -0.15) is 11.8 Å². The summed E-state index contributed by atoms with van der Waals surface area (Å²) >= 11 is 1.60. The lowest BCUT2D eigenvalue weighted by Crippen LogP contribution is -2.50. The molecule has 0 aromatic heterocycles. The summed E-state index contributed by atoms with van der Waals surface area (Å²) in [4.78, 5) is 22.8. The second-order valence-electron chi connectivity index (χ2n) is 4.48. The molecule has 108 valence electrons. The van der Waals surface area contributed by atoms with Gasteiger partial charge >= 0.3 is 0 Å². The number of hydrogen-bond acceptors (Lipinski definition) is 4. The van der Waals surface area contributed by atoms with Crippen molar-refractivity contribution in [2.45, 2.75) is 38.8 Å². The fraction of sp³-hybridized carbons (Fsp3) is 0.818. The highest BCUT2D eigenvalue weighted by Gasteiger charge is 2.21. The van der Waals surface area contributed by atoms with E-state index in [0.717, 1.165) is 5.75 Å². The molecule has 0 saturated carbocycles. The van der Waals surface area contributed by atoms with E-state index >= 15 is 0 Å². The van der Waals surface area contributed by atoms with Crippen LogP contribution in [0, 0.1) is 5.92 Å². The normalized spacial score (nSPS) is 13.6. The minimum atomic E-state index is -0.617. The Kier molecular flexibility index (Phi) is 11.5. The van der Waals surface area contributed by atoms with Crippen molar-refractivity contribution < 1.29 is 9.59 Å². The van der Waals surface area contributed by atoms with Gasteiger partial charge in [0.05, 0.1) is 6.04 Å².